The Morgan fingerprint density at radius 2 is 2.32 bits per heavy atom. The van der Waals surface area contributed by atoms with E-state index in [2.05, 4.69) is 10.2 Å². The number of nitrogens with one attached hydrogen (secondary N) is 1. The highest BCUT2D eigenvalue weighted by Gasteiger charge is 2.26. The molecule has 2 aromatic rings. The van der Waals surface area contributed by atoms with E-state index in [9.17, 15) is 4.39 Å². The standard InChI is InChI=1S/C13H13ClFN3O/c14-9-6-7(15)3-4-8(9)11-12(17-18-13(11)16)10-2-1-5-19-10/h3-4,6,10H,1-2,5H2,(H3,16,17,18). The molecule has 3 rings (SSSR count). The van der Waals surface area contributed by atoms with Crippen molar-refractivity contribution in [2.24, 2.45) is 0 Å². The zero-order valence-corrected chi connectivity index (χ0v) is 10.9. The van der Waals surface area contributed by atoms with Crippen LogP contribution in [0.5, 0.6) is 0 Å². The highest BCUT2D eigenvalue weighted by atomic mass is 35.5. The van der Waals surface area contributed by atoms with Crippen LogP contribution >= 0.6 is 11.6 Å². The van der Waals surface area contributed by atoms with E-state index in [0.717, 1.165) is 25.1 Å². The average molecular weight is 282 g/mol. The first kappa shape index (κ1) is 12.4. The van der Waals surface area contributed by atoms with Crippen molar-refractivity contribution in [2.75, 3.05) is 12.3 Å². The van der Waals surface area contributed by atoms with E-state index in [1.54, 1.807) is 6.07 Å². The normalized spacial score (nSPS) is 18.9. The summed E-state index contributed by atoms with van der Waals surface area (Å²) in [5, 5.41) is 7.24. The van der Waals surface area contributed by atoms with E-state index in [1.165, 1.54) is 12.1 Å². The highest BCUT2D eigenvalue weighted by Crippen LogP contribution is 2.40. The van der Waals surface area contributed by atoms with Crippen molar-refractivity contribution in [3.8, 4) is 11.1 Å². The van der Waals surface area contributed by atoms with Gasteiger partial charge in [-0.3, -0.25) is 5.10 Å². The molecule has 0 amide bonds. The number of H-pyrrole nitrogens is 1. The zero-order valence-electron chi connectivity index (χ0n) is 10.1. The van der Waals surface area contributed by atoms with Crippen LogP contribution in [0.2, 0.25) is 5.02 Å². The Balaban J connectivity index is 2.10. The van der Waals surface area contributed by atoms with Crippen LogP contribution in [0.15, 0.2) is 18.2 Å². The van der Waals surface area contributed by atoms with E-state index >= 15 is 0 Å². The van der Waals surface area contributed by atoms with Gasteiger partial charge >= 0.3 is 0 Å². The number of aromatic amines is 1. The van der Waals surface area contributed by atoms with Crippen LogP contribution in [0.1, 0.15) is 24.6 Å². The third-order valence-corrected chi connectivity index (χ3v) is 3.59. The van der Waals surface area contributed by atoms with Gasteiger partial charge in [-0.15, -0.1) is 0 Å². The van der Waals surface area contributed by atoms with E-state index < -0.39 is 0 Å². The molecule has 1 aliphatic heterocycles. The fraction of sp³-hybridized carbons (Fsp3) is 0.308. The van der Waals surface area contributed by atoms with Gasteiger partial charge in [0.15, 0.2) is 5.82 Å². The summed E-state index contributed by atoms with van der Waals surface area (Å²) in [4.78, 5) is 0. The number of benzene rings is 1. The maximum absolute atomic E-state index is 13.1. The predicted octanol–water partition coefficient (Wildman–Crippen LogP) is 3.30. The van der Waals surface area contributed by atoms with Crippen LogP contribution in [0.25, 0.3) is 11.1 Å². The molecule has 4 nitrogen and oxygen atoms in total. The molecule has 1 saturated heterocycles. The Kier molecular flexibility index (Phi) is 3.16. The minimum absolute atomic E-state index is 0.0547. The lowest BCUT2D eigenvalue weighted by Crippen LogP contribution is -1.99. The summed E-state index contributed by atoms with van der Waals surface area (Å²) >= 11 is 6.09. The maximum Gasteiger partial charge on any atom is 0.153 e. The van der Waals surface area contributed by atoms with Gasteiger partial charge in [0, 0.05) is 12.2 Å². The van der Waals surface area contributed by atoms with Crippen LogP contribution in [0.3, 0.4) is 0 Å². The van der Waals surface area contributed by atoms with Crippen molar-refractivity contribution >= 4 is 17.4 Å². The lowest BCUT2D eigenvalue weighted by molar-refractivity contribution is 0.109. The Morgan fingerprint density at radius 1 is 1.47 bits per heavy atom. The van der Waals surface area contributed by atoms with Gasteiger partial charge in [0.1, 0.15) is 5.82 Å². The second-order valence-corrected chi connectivity index (χ2v) is 4.93. The fourth-order valence-electron chi connectivity index (χ4n) is 2.38. The van der Waals surface area contributed by atoms with Crippen molar-refractivity contribution in [3.05, 3.63) is 34.7 Å². The molecule has 2 heterocycles. The van der Waals surface area contributed by atoms with Crippen molar-refractivity contribution in [1.82, 2.24) is 10.2 Å². The highest BCUT2D eigenvalue weighted by molar-refractivity contribution is 6.33. The molecule has 0 spiro atoms. The summed E-state index contributed by atoms with van der Waals surface area (Å²) in [6.07, 6.45) is 1.86. The SMILES string of the molecule is Nc1n[nH]c(C2CCCO2)c1-c1ccc(F)cc1Cl. The third-order valence-electron chi connectivity index (χ3n) is 3.27. The lowest BCUT2D eigenvalue weighted by atomic mass is 10.0. The van der Waals surface area contributed by atoms with Gasteiger partial charge in [-0.25, -0.2) is 4.39 Å². The zero-order chi connectivity index (χ0) is 13.4. The van der Waals surface area contributed by atoms with Crippen molar-refractivity contribution < 1.29 is 9.13 Å². The van der Waals surface area contributed by atoms with E-state index in [0.29, 0.717) is 22.0 Å². The number of nitrogens with two attached hydrogens (primary N) is 1. The molecule has 0 aliphatic carbocycles. The Bertz CT molecular complexity index is 608. The number of nitrogens with zero attached hydrogens (tertiary/aromatic N) is 1. The molecule has 1 aliphatic rings. The third kappa shape index (κ3) is 2.19. The van der Waals surface area contributed by atoms with Crippen LogP contribution < -0.4 is 5.73 Å². The smallest absolute Gasteiger partial charge is 0.153 e. The topological polar surface area (TPSA) is 63.9 Å². The number of rotatable bonds is 2. The van der Waals surface area contributed by atoms with Crippen molar-refractivity contribution in [1.29, 1.82) is 0 Å². The maximum atomic E-state index is 13.1. The molecular formula is C13H13ClFN3O. The minimum atomic E-state index is -0.380. The van der Waals surface area contributed by atoms with Crippen LogP contribution in [-0.4, -0.2) is 16.8 Å². The molecule has 1 fully saturated rings. The molecule has 0 radical (unpaired) electrons. The van der Waals surface area contributed by atoms with Gasteiger partial charge in [0.2, 0.25) is 0 Å². The van der Waals surface area contributed by atoms with Gasteiger partial charge in [-0.05, 0) is 31.0 Å². The molecule has 1 aromatic heterocycles. The summed E-state index contributed by atoms with van der Waals surface area (Å²) in [6, 6.07) is 4.23. The van der Waals surface area contributed by atoms with Crippen molar-refractivity contribution in [3.63, 3.8) is 0 Å². The minimum Gasteiger partial charge on any atom is -0.382 e. The number of anilines is 1. The largest absolute Gasteiger partial charge is 0.382 e. The van der Waals surface area contributed by atoms with Crippen molar-refractivity contribution in [2.45, 2.75) is 18.9 Å². The summed E-state index contributed by atoms with van der Waals surface area (Å²) in [6.45, 7) is 0.722. The first-order valence-corrected chi connectivity index (χ1v) is 6.45. The van der Waals surface area contributed by atoms with E-state index in [1.807, 2.05) is 0 Å². The second kappa shape index (κ2) is 4.83. The Hall–Kier alpha value is -1.59. The summed E-state index contributed by atoms with van der Waals surface area (Å²) < 4.78 is 18.8. The number of ether oxygens (including phenoxy) is 1. The Morgan fingerprint density at radius 3 is 3.00 bits per heavy atom. The monoisotopic (exact) mass is 281 g/mol. The quantitative estimate of drug-likeness (QED) is 0.888. The second-order valence-electron chi connectivity index (χ2n) is 4.52. The molecular weight excluding hydrogens is 269 g/mol. The lowest BCUT2D eigenvalue weighted by Gasteiger charge is -2.11. The van der Waals surface area contributed by atoms with Gasteiger partial charge in [0.25, 0.3) is 0 Å². The molecule has 19 heavy (non-hydrogen) atoms. The molecule has 0 bridgehead atoms. The molecule has 0 saturated carbocycles. The summed E-state index contributed by atoms with van der Waals surface area (Å²) in [5.41, 5.74) is 8.08. The number of nitrogen functional groups attached to an aromatic ring is 1. The van der Waals surface area contributed by atoms with Gasteiger partial charge in [-0.2, -0.15) is 5.10 Å². The van der Waals surface area contributed by atoms with Gasteiger partial charge < -0.3 is 10.5 Å². The number of aromatic nitrogens is 2. The molecule has 6 heteroatoms. The molecule has 100 valence electrons. The molecule has 3 N–H and O–H groups in total. The average Bonchev–Trinajstić information content (AvgIpc) is 2.99. The van der Waals surface area contributed by atoms with Gasteiger partial charge in [0.05, 0.1) is 22.4 Å². The van der Waals surface area contributed by atoms with Crippen LogP contribution in [-0.2, 0) is 4.74 Å². The summed E-state index contributed by atoms with van der Waals surface area (Å²) in [7, 11) is 0. The number of hydrogen-bond donors (Lipinski definition) is 2. The van der Waals surface area contributed by atoms with E-state index in [-0.39, 0.29) is 11.9 Å². The van der Waals surface area contributed by atoms with E-state index in [4.69, 9.17) is 22.1 Å². The van der Waals surface area contributed by atoms with Gasteiger partial charge in [-0.1, -0.05) is 11.6 Å². The number of halogens is 2. The number of hydrogen-bond acceptors (Lipinski definition) is 3. The summed E-state index contributed by atoms with van der Waals surface area (Å²) in [5.74, 6) is -0.0338. The molecule has 1 atom stereocenters. The Labute approximate surface area is 114 Å². The first-order valence-electron chi connectivity index (χ1n) is 6.07. The first-order chi connectivity index (χ1) is 9.16. The van der Waals surface area contributed by atoms with Crippen LogP contribution in [0, 0.1) is 5.82 Å². The fourth-order valence-corrected chi connectivity index (χ4v) is 2.65. The molecule has 1 aromatic carbocycles. The molecule has 1 unspecified atom stereocenters. The predicted molar refractivity (Wildman–Crippen MR) is 71.3 cm³/mol. The van der Waals surface area contributed by atoms with Crippen LogP contribution in [0.4, 0.5) is 10.2 Å².